The number of para-hydroxylation sites is 1. The topological polar surface area (TPSA) is 50.4 Å². The average molecular weight is 328 g/mol. The molecule has 4 rings (SSSR count). The van der Waals surface area contributed by atoms with Crippen LogP contribution in [0.3, 0.4) is 0 Å². The molecule has 1 atom stereocenters. The van der Waals surface area contributed by atoms with E-state index in [1.54, 1.807) is 30.3 Å². The number of aliphatic hydroxyl groups excluding tert-OH is 1. The Balaban J connectivity index is 2.04. The molecule has 3 heteroatoms. The highest BCUT2D eigenvalue weighted by molar-refractivity contribution is 5.80. The highest BCUT2D eigenvalue weighted by atomic mass is 16.3. The van der Waals surface area contributed by atoms with Gasteiger partial charge in [0.25, 0.3) is 0 Å². The van der Waals surface area contributed by atoms with Crippen molar-refractivity contribution < 1.29 is 9.52 Å². The molecular weight excluding hydrogens is 312 g/mol. The third kappa shape index (κ3) is 2.75. The number of hydrogen-bond donors (Lipinski definition) is 1. The van der Waals surface area contributed by atoms with E-state index in [2.05, 4.69) is 0 Å². The Morgan fingerprint density at radius 3 is 2.08 bits per heavy atom. The molecule has 0 saturated heterocycles. The third-order valence-corrected chi connectivity index (χ3v) is 4.26. The van der Waals surface area contributed by atoms with Gasteiger partial charge in [-0.3, -0.25) is 4.79 Å². The molecule has 4 aromatic rings. The monoisotopic (exact) mass is 328 g/mol. The predicted molar refractivity (Wildman–Crippen MR) is 98.4 cm³/mol. The number of hydrogen-bond acceptors (Lipinski definition) is 3. The molecule has 0 saturated carbocycles. The maximum absolute atomic E-state index is 13.1. The van der Waals surface area contributed by atoms with E-state index >= 15 is 0 Å². The maximum atomic E-state index is 13.1. The Hall–Kier alpha value is -3.17. The fraction of sp³-hybridized carbons (Fsp3) is 0.0455. The van der Waals surface area contributed by atoms with E-state index in [-0.39, 0.29) is 11.0 Å². The Morgan fingerprint density at radius 1 is 0.760 bits per heavy atom. The molecular formula is C22H16O3. The first-order valence-corrected chi connectivity index (χ1v) is 8.10. The quantitative estimate of drug-likeness (QED) is 0.600. The molecule has 3 nitrogen and oxygen atoms in total. The van der Waals surface area contributed by atoms with Crippen LogP contribution < -0.4 is 5.43 Å². The van der Waals surface area contributed by atoms with Crippen molar-refractivity contribution in [2.24, 2.45) is 0 Å². The third-order valence-electron chi connectivity index (χ3n) is 4.26. The summed E-state index contributed by atoms with van der Waals surface area (Å²) in [5.41, 5.74) is 1.97. The van der Waals surface area contributed by atoms with Gasteiger partial charge in [0.2, 0.25) is 0 Å². The van der Waals surface area contributed by atoms with Crippen LogP contribution in [-0.4, -0.2) is 5.11 Å². The lowest BCUT2D eigenvalue weighted by molar-refractivity contribution is 0.217. The summed E-state index contributed by atoms with van der Waals surface area (Å²) >= 11 is 0. The van der Waals surface area contributed by atoms with E-state index in [9.17, 15) is 9.90 Å². The van der Waals surface area contributed by atoms with Gasteiger partial charge in [-0.15, -0.1) is 0 Å². The molecule has 122 valence electrons. The van der Waals surface area contributed by atoms with E-state index in [0.29, 0.717) is 22.3 Å². The predicted octanol–water partition coefficient (Wildman–Crippen LogP) is 4.54. The second-order valence-corrected chi connectivity index (χ2v) is 5.85. The molecule has 0 amide bonds. The van der Waals surface area contributed by atoms with Gasteiger partial charge in [-0.1, -0.05) is 72.8 Å². The number of aliphatic hydroxyl groups is 1. The van der Waals surface area contributed by atoms with Crippen molar-refractivity contribution in [3.8, 4) is 11.3 Å². The van der Waals surface area contributed by atoms with Crippen molar-refractivity contribution in [1.29, 1.82) is 0 Å². The van der Waals surface area contributed by atoms with Crippen molar-refractivity contribution in [3.63, 3.8) is 0 Å². The molecule has 1 aromatic heterocycles. The Morgan fingerprint density at radius 2 is 1.36 bits per heavy atom. The van der Waals surface area contributed by atoms with Crippen molar-refractivity contribution in [3.05, 3.63) is 106 Å². The van der Waals surface area contributed by atoms with Crippen LogP contribution in [0.4, 0.5) is 0 Å². The highest BCUT2D eigenvalue weighted by Crippen LogP contribution is 2.32. The first kappa shape index (κ1) is 15.4. The molecule has 0 aliphatic rings. The van der Waals surface area contributed by atoms with E-state index < -0.39 is 6.10 Å². The summed E-state index contributed by atoms with van der Waals surface area (Å²) in [4.78, 5) is 13.1. The fourth-order valence-corrected chi connectivity index (χ4v) is 3.01. The zero-order valence-electron chi connectivity index (χ0n) is 13.4. The Labute approximate surface area is 144 Å². The van der Waals surface area contributed by atoms with Gasteiger partial charge in [-0.2, -0.15) is 0 Å². The van der Waals surface area contributed by atoms with Crippen LogP contribution in [0.5, 0.6) is 0 Å². The minimum Gasteiger partial charge on any atom is -0.455 e. The maximum Gasteiger partial charge on any atom is 0.199 e. The molecule has 1 unspecified atom stereocenters. The average Bonchev–Trinajstić information content (AvgIpc) is 2.69. The molecule has 3 aromatic carbocycles. The number of fused-ring (bicyclic) bond motifs is 1. The van der Waals surface area contributed by atoms with Crippen molar-refractivity contribution >= 4 is 11.0 Å². The molecule has 0 bridgehead atoms. The van der Waals surface area contributed by atoms with Gasteiger partial charge in [0.1, 0.15) is 17.4 Å². The van der Waals surface area contributed by atoms with Crippen LogP contribution in [0, 0.1) is 0 Å². The first-order valence-electron chi connectivity index (χ1n) is 8.10. The van der Waals surface area contributed by atoms with Crippen molar-refractivity contribution in [1.82, 2.24) is 0 Å². The van der Waals surface area contributed by atoms with Crippen LogP contribution in [0.25, 0.3) is 22.3 Å². The van der Waals surface area contributed by atoms with Gasteiger partial charge in [0.05, 0.1) is 10.9 Å². The minimum atomic E-state index is -1.06. The summed E-state index contributed by atoms with van der Waals surface area (Å²) in [5, 5.41) is 11.4. The standard InChI is InChI=1S/C22H16O3/c23-20(15-9-3-1-4-10-15)19-21(24)17-13-7-8-14-18(17)25-22(19)16-11-5-2-6-12-16/h1-14,20,23H. The lowest BCUT2D eigenvalue weighted by Crippen LogP contribution is -2.16. The van der Waals surface area contributed by atoms with E-state index in [0.717, 1.165) is 5.56 Å². The summed E-state index contributed by atoms with van der Waals surface area (Å²) in [5.74, 6) is 0.403. The fourth-order valence-electron chi connectivity index (χ4n) is 3.01. The summed E-state index contributed by atoms with van der Waals surface area (Å²) in [7, 11) is 0. The van der Waals surface area contributed by atoms with E-state index in [1.165, 1.54) is 0 Å². The van der Waals surface area contributed by atoms with Gasteiger partial charge >= 0.3 is 0 Å². The largest absolute Gasteiger partial charge is 0.455 e. The second-order valence-electron chi connectivity index (χ2n) is 5.85. The van der Waals surface area contributed by atoms with Crippen LogP contribution in [0.1, 0.15) is 17.2 Å². The van der Waals surface area contributed by atoms with Gasteiger partial charge in [-0.25, -0.2) is 0 Å². The molecule has 1 N–H and O–H groups in total. The molecule has 0 aliphatic carbocycles. The lowest BCUT2D eigenvalue weighted by Gasteiger charge is -2.15. The van der Waals surface area contributed by atoms with Crippen molar-refractivity contribution in [2.45, 2.75) is 6.10 Å². The van der Waals surface area contributed by atoms with Crippen LogP contribution >= 0.6 is 0 Å². The molecule has 0 fully saturated rings. The van der Waals surface area contributed by atoms with Gasteiger partial charge in [-0.05, 0) is 17.7 Å². The molecule has 1 heterocycles. The molecule has 25 heavy (non-hydrogen) atoms. The SMILES string of the molecule is O=c1c(C(O)c2ccccc2)c(-c2ccccc2)oc2ccccc12. The molecule has 0 radical (unpaired) electrons. The zero-order valence-corrected chi connectivity index (χ0v) is 13.4. The van der Waals surface area contributed by atoms with Gasteiger partial charge in [0.15, 0.2) is 5.43 Å². The summed E-state index contributed by atoms with van der Waals surface area (Å²) in [6.07, 6.45) is -1.06. The second kappa shape index (κ2) is 6.38. The smallest absolute Gasteiger partial charge is 0.199 e. The zero-order chi connectivity index (χ0) is 17.2. The summed E-state index contributed by atoms with van der Waals surface area (Å²) in [6, 6.07) is 25.6. The highest BCUT2D eigenvalue weighted by Gasteiger charge is 2.23. The van der Waals surface area contributed by atoms with Crippen LogP contribution in [-0.2, 0) is 0 Å². The first-order chi connectivity index (χ1) is 12.3. The van der Waals surface area contributed by atoms with E-state index in [4.69, 9.17) is 4.42 Å². The minimum absolute atomic E-state index is 0.211. The van der Waals surface area contributed by atoms with Crippen LogP contribution in [0.15, 0.2) is 94.1 Å². The Kier molecular flexibility index (Phi) is 3.92. The van der Waals surface area contributed by atoms with Gasteiger partial charge in [0, 0.05) is 5.56 Å². The summed E-state index contributed by atoms with van der Waals surface area (Å²) < 4.78 is 6.04. The van der Waals surface area contributed by atoms with Crippen LogP contribution in [0.2, 0.25) is 0 Å². The lowest BCUT2D eigenvalue weighted by atomic mass is 9.96. The summed E-state index contributed by atoms with van der Waals surface area (Å²) in [6.45, 7) is 0. The van der Waals surface area contributed by atoms with Gasteiger partial charge < -0.3 is 9.52 Å². The Bertz CT molecular complexity index is 1070. The number of rotatable bonds is 3. The number of benzene rings is 3. The van der Waals surface area contributed by atoms with Crippen molar-refractivity contribution in [2.75, 3.05) is 0 Å². The molecule has 0 spiro atoms. The normalized spacial score (nSPS) is 12.2. The van der Waals surface area contributed by atoms with E-state index in [1.807, 2.05) is 54.6 Å². The molecule has 0 aliphatic heterocycles.